The molecule has 1 aliphatic carbocycles. The number of hydrogen-bond acceptors (Lipinski definition) is 4. The highest BCUT2D eigenvalue weighted by Gasteiger charge is 2.32. The van der Waals surface area contributed by atoms with Gasteiger partial charge in [0.2, 0.25) is 5.91 Å². The molecule has 22 heavy (non-hydrogen) atoms. The molecule has 1 aromatic rings. The maximum absolute atomic E-state index is 12.3. The van der Waals surface area contributed by atoms with E-state index in [1.165, 1.54) is 17.1 Å². The van der Waals surface area contributed by atoms with E-state index in [-0.39, 0.29) is 5.92 Å². The predicted octanol–water partition coefficient (Wildman–Crippen LogP) is 1.65. The number of carbonyl (C=O) groups is 1. The van der Waals surface area contributed by atoms with Crippen LogP contribution in [0.25, 0.3) is 5.57 Å². The predicted molar refractivity (Wildman–Crippen MR) is 86.6 cm³/mol. The fourth-order valence-corrected chi connectivity index (χ4v) is 4.38. The number of carbonyl (C=O) groups excluding carboxylic acids is 1. The zero-order valence-electron chi connectivity index (χ0n) is 12.7. The number of allylic oxidation sites excluding steroid dienone is 3. The van der Waals surface area contributed by atoms with Crippen molar-refractivity contribution in [3.05, 3.63) is 40.0 Å². The second kappa shape index (κ2) is 5.47. The molecule has 3 aliphatic rings. The zero-order chi connectivity index (χ0) is 15.1. The Bertz CT molecular complexity index is 789. The molecule has 3 heterocycles. The summed E-state index contributed by atoms with van der Waals surface area (Å²) in [6.07, 6.45) is 11.3. The molecule has 1 fully saturated rings. The summed E-state index contributed by atoms with van der Waals surface area (Å²) in [7, 11) is 0. The normalized spacial score (nSPS) is 26.0. The number of hydrogen-bond donors (Lipinski definition) is 0. The number of nitrogens with zero attached hydrogens (tertiary/aromatic N) is 3. The third-order valence-electron chi connectivity index (χ3n) is 4.72. The van der Waals surface area contributed by atoms with Crippen molar-refractivity contribution in [2.75, 3.05) is 13.1 Å². The van der Waals surface area contributed by atoms with E-state index in [1.54, 1.807) is 0 Å². The van der Waals surface area contributed by atoms with E-state index in [2.05, 4.69) is 34.5 Å². The van der Waals surface area contributed by atoms with Crippen LogP contribution in [0.5, 0.6) is 0 Å². The maximum atomic E-state index is 12.3. The van der Waals surface area contributed by atoms with Crippen molar-refractivity contribution in [3.8, 4) is 0 Å². The summed E-state index contributed by atoms with van der Waals surface area (Å²) >= 11 is 1.44. The Morgan fingerprint density at radius 1 is 1.45 bits per heavy atom. The summed E-state index contributed by atoms with van der Waals surface area (Å²) in [4.78, 5) is 19.0. The number of amides is 1. The van der Waals surface area contributed by atoms with Crippen LogP contribution < -0.4 is 9.89 Å². The Kier molecular flexibility index (Phi) is 3.45. The van der Waals surface area contributed by atoms with Crippen molar-refractivity contribution in [2.24, 2.45) is 16.8 Å². The summed E-state index contributed by atoms with van der Waals surface area (Å²) in [5, 5.41) is 1.15. The number of fused-ring (bicyclic) bond motifs is 2. The van der Waals surface area contributed by atoms with Gasteiger partial charge in [-0.2, -0.15) is 4.37 Å². The molecule has 2 atom stereocenters. The quantitative estimate of drug-likeness (QED) is 0.848. The molecule has 2 unspecified atom stereocenters. The van der Waals surface area contributed by atoms with Gasteiger partial charge in [0.05, 0.1) is 11.9 Å². The first-order valence-electron chi connectivity index (χ1n) is 7.96. The molecule has 0 bridgehead atoms. The third-order valence-corrected chi connectivity index (χ3v) is 5.41. The highest BCUT2D eigenvalue weighted by atomic mass is 32.1. The second-order valence-corrected chi connectivity index (χ2v) is 7.05. The van der Waals surface area contributed by atoms with Gasteiger partial charge in [-0.25, -0.2) is 4.99 Å². The molecule has 1 aromatic heterocycles. The third kappa shape index (κ3) is 2.24. The van der Waals surface area contributed by atoms with E-state index in [0.29, 0.717) is 11.8 Å². The van der Waals surface area contributed by atoms with E-state index < -0.39 is 0 Å². The van der Waals surface area contributed by atoms with Gasteiger partial charge in [-0.1, -0.05) is 25.5 Å². The molecule has 0 N–H and O–H groups in total. The Balaban J connectivity index is 1.59. The Morgan fingerprint density at radius 3 is 3.23 bits per heavy atom. The van der Waals surface area contributed by atoms with Crippen molar-refractivity contribution in [1.82, 2.24) is 9.27 Å². The van der Waals surface area contributed by atoms with Gasteiger partial charge < -0.3 is 4.90 Å². The van der Waals surface area contributed by atoms with E-state index >= 15 is 0 Å². The van der Waals surface area contributed by atoms with Gasteiger partial charge in [-0.3, -0.25) is 4.79 Å². The molecular weight excluding hydrogens is 294 g/mol. The summed E-state index contributed by atoms with van der Waals surface area (Å²) in [5.41, 5.74) is 2.30. The zero-order valence-corrected chi connectivity index (χ0v) is 13.5. The molecule has 1 amide bonds. The first-order chi connectivity index (χ1) is 10.8. The number of rotatable bonds is 4. The van der Waals surface area contributed by atoms with Gasteiger partial charge in [-0.05, 0) is 35.5 Å². The van der Waals surface area contributed by atoms with Gasteiger partial charge >= 0.3 is 0 Å². The van der Waals surface area contributed by atoms with E-state index in [9.17, 15) is 4.79 Å². The largest absolute Gasteiger partial charge is 0.341 e. The minimum Gasteiger partial charge on any atom is -0.341 e. The van der Waals surface area contributed by atoms with Gasteiger partial charge in [0.25, 0.3) is 0 Å². The average Bonchev–Trinajstić information content (AvgIpc) is 3.15. The summed E-state index contributed by atoms with van der Waals surface area (Å²) in [6, 6.07) is 0. The van der Waals surface area contributed by atoms with Crippen LogP contribution in [0.2, 0.25) is 0 Å². The Morgan fingerprint density at radius 2 is 2.36 bits per heavy atom. The molecule has 4 rings (SSSR count). The van der Waals surface area contributed by atoms with Crippen LogP contribution in [-0.2, 0) is 4.79 Å². The van der Waals surface area contributed by atoms with Gasteiger partial charge in [0, 0.05) is 30.6 Å². The first-order valence-corrected chi connectivity index (χ1v) is 8.74. The lowest BCUT2D eigenvalue weighted by molar-refractivity contribution is -0.127. The van der Waals surface area contributed by atoms with Crippen LogP contribution in [0.4, 0.5) is 0 Å². The molecule has 2 aliphatic heterocycles. The van der Waals surface area contributed by atoms with Crippen molar-refractivity contribution in [3.63, 3.8) is 0 Å². The number of likely N-dealkylation sites (tertiary alicyclic amines) is 1. The van der Waals surface area contributed by atoms with Gasteiger partial charge in [-0.15, -0.1) is 0 Å². The molecule has 0 spiro atoms. The molecular formula is C17H19N3OS. The van der Waals surface area contributed by atoms with Crippen molar-refractivity contribution in [2.45, 2.75) is 26.2 Å². The monoisotopic (exact) mass is 313 g/mol. The van der Waals surface area contributed by atoms with Crippen LogP contribution >= 0.6 is 11.5 Å². The Hall–Kier alpha value is -1.75. The van der Waals surface area contributed by atoms with Crippen LogP contribution in [0.3, 0.4) is 0 Å². The van der Waals surface area contributed by atoms with Crippen molar-refractivity contribution < 1.29 is 4.79 Å². The second-order valence-electron chi connectivity index (χ2n) is 6.27. The Labute approximate surface area is 133 Å². The fourth-order valence-electron chi connectivity index (χ4n) is 3.72. The lowest BCUT2D eigenvalue weighted by atomic mass is 9.91. The molecule has 1 saturated heterocycles. The fraction of sp³-hybridized carbons (Fsp3) is 0.471. The van der Waals surface area contributed by atoms with Crippen LogP contribution in [0.15, 0.2) is 35.1 Å². The average molecular weight is 313 g/mol. The molecule has 0 aromatic carbocycles. The van der Waals surface area contributed by atoms with Crippen LogP contribution in [-0.4, -0.2) is 28.3 Å². The van der Waals surface area contributed by atoms with Crippen LogP contribution in [0, 0.1) is 11.8 Å². The van der Waals surface area contributed by atoms with Gasteiger partial charge in [0.15, 0.2) is 0 Å². The molecule has 4 nitrogen and oxygen atoms in total. The highest BCUT2D eigenvalue weighted by molar-refractivity contribution is 7.03. The van der Waals surface area contributed by atoms with Crippen molar-refractivity contribution >= 4 is 23.0 Å². The summed E-state index contributed by atoms with van der Waals surface area (Å²) in [6.45, 7) is 3.87. The minimum absolute atomic E-state index is 0.241. The van der Waals surface area contributed by atoms with E-state index in [1.807, 2.05) is 11.1 Å². The van der Waals surface area contributed by atoms with Crippen LogP contribution in [0.1, 0.15) is 26.2 Å². The molecule has 0 saturated carbocycles. The topological polar surface area (TPSA) is 45.6 Å². The molecule has 0 radical (unpaired) electrons. The smallest absolute Gasteiger partial charge is 0.222 e. The van der Waals surface area contributed by atoms with Crippen molar-refractivity contribution in [1.29, 1.82) is 0 Å². The molecule has 114 valence electrons. The van der Waals surface area contributed by atoms with E-state index in [0.717, 1.165) is 47.9 Å². The minimum atomic E-state index is 0.241. The SMILES string of the molecule is CCCC1CC(=O)N(CC2C=CC=C3N=c4sncc4=C32)C1. The van der Waals surface area contributed by atoms with E-state index in [4.69, 9.17) is 0 Å². The molecule has 5 heteroatoms. The maximum Gasteiger partial charge on any atom is 0.222 e. The lowest BCUT2D eigenvalue weighted by Gasteiger charge is -2.25. The first kappa shape index (κ1) is 13.9. The van der Waals surface area contributed by atoms with Gasteiger partial charge in [0.1, 0.15) is 4.67 Å². The lowest BCUT2D eigenvalue weighted by Crippen LogP contribution is -2.33. The summed E-state index contributed by atoms with van der Waals surface area (Å²) in [5.74, 6) is 1.09. The summed E-state index contributed by atoms with van der Waals surface area (Å²) < 4.78 is 5.25. The standard InChI is InChI=1S/C17H19N3OS/c1-2-4-11-7-15(21)20(9-11)10-12-5-3-6-14-16(12)13-8-18-22-17(13)19-14/h3,5-6,8,11-12H,2,4,7,9-10H2,1H3. The number of aromatic nitrogens is 1. The highest BCUT2D eigenvalue weighted by Crippen LogP contribution is 2.31.